The SMILES string of the molecule is COc1cc(OC)c(C(=O)NCC2CCCC(N)C2)cc1OC. The van der Waals surface area contributed by atoms with Crippen LogP contribution in [-0.4, -0.2) is 39.8 Å². The van der Waals surface area contributed by atoms with Gasteiger partial charge in [0.1, 0.15) is 5.75 Å². The quantitative estimate of drug-likeness (QED) is 0.836. The van der Waals surface area contributed by atoms with Crippen molar-refractivity contribution in [3.8, 4) is 17.2 Å². The number of methoxy groups -OCH3 is 3. The van der Waals surface area contributed by atoms with Crippen LogP contribution in [0.1, 0.15) is 36.0 Å². The average molecular weight is 322 g/mol. The highest BCUT2D eigenvalue weighted by atomic mass is 16.5. The van der Waals surface area contributed by atoms with Gasteiger partial charge in [-0.15, -0.1) is 0 Å². The molecule has 1 fully saturated rings. The number of ether oxygens (including phenoxy) is 3. The topological polar surface area (TPSA) is 82.8 Å². The minimum absolute atomic E-state index is 0.179. The second kappa shape index (κ2) is 8.06. The molecule has 0 heterocycles. The van der Waals surface area contributed by atoms with E-state index < -0.39 is 0 Å². The summed E-state index contributed by atoms with van der Waals surface area (Å²) in [5, 5.41) is 2.98. The number of benzene rings is 1. The van der Waals surface area contributed by atoms with Gasteiger partial charge in [-0.25, -0.2) is 0 Å². The largest absolute Gasteiger partial charge is 0.496 e. The molecule has 2 unspecified atom stereocenters. The highest BCUT2D eigenvalue weighted by Crippen LogP contribution is 2.34. The summed E-state index contributed by atoms with van der Waals surface area (Å²) in [7, 11) is 4.61. The molecule has 1 saturated carbocycles. The summed E-state index contributed by atoms with van der Waals surface area (Å²) in [6, 6.07) is 3.55. The van der Waals surface area contributed by atoms with Gasteiger partial charge in [0.05, 0.1) is 26.9 Å². The third kappa shape index (κ3) is 4.28. The van der Waals surface area contributed by atoms with Crippen molar-refractivity contribution in [1.82, 2.24) is 5.32 Å². The molecule has 0 bridgehead atoms. The van der Waals surface area contributed by atoms with Gasteiger partial charge in [-0.3, -0.25) is 4.79 Å². The van der Waals surface area contributed by atoms with Crippen LogP contribution in [0.5, 0.6) is 17.2 Å². The first-order valence-corrected chi connectivity index (χ1v) is 7.92. The molecule has 1 aromatic carbocycles. The zero-order valence-electron chi connectivity index (χ0n) is 14.1. The first kappa shape index (κ1) is 17.4. The number of amides is 1. The molecule has 3 N–H and O–H groups in total. The van der Waals surface area contributed by atoms with Crippen molar-refractivity contribution in [3.63, 3.8) is 0 Å². The van der Waals surface area contributed by atoms with Crippen LogP contribution in [0.4, 0.5) is 0 Å². The summed E-state index contributed by atoms with van der Waals surface area (Å²) < 4.78 is 15.8. The molecule has 0 radical (unpaired) electrons. The predicted molar refractivity (Wildman–Crippen MR) is 88.4 cm³/mol. The van der Waals surface area contributed by atoms with Crippen LogP contribution in [0, 0.1) is 5.92 Å². The molecule has 128 valence electrons. The Balaban J connectivity index is 2.08. The number of hydrogen-bond donors (Lipinski definition) is 2. The fourth-order valence-electron chi connectivity index (χ4n) is 3.06. The van der Waals surface area contributed by atoms with E-state index in [1.807, 2.05) is 0 Å². The third-order valence-corrected chi connectivity index (χ3v) is 4.32. The van der Waals surface area contributed by atoms with Crippen LogP contribution in [0.3, 0.4) is 0 Å². The van der Waals surface area contributed by atoms with E-state index in [4.69, 9.17) is 19.9 Å². The lowest BCUT2D eigenvalue weighted by atomic mass is 9.86. The van der Waals surface area contributed by atoms with E-state index in [0.717, 1.165) is 25.7 Å². The molecule has 2 rings (SSSR count). The van der Waals surface area contributed by atoms with Crippen molar-refractivity contribution < 1.29 is 19.0 Å². The Labute approximate surface area is 137 Å². The van der Waals surface area contributed by atoms with Gasteiger partial charge in [0.25, 0.3) is 5.91 Å². The van der Waals surface area contributed by atoms with Crippen LogP contribution in [-0.2, 0) is 0 Å². The lowest BCUT2D eigenvalue weighted by molar-refractivity contribution is 0.0939. The number of nitrogens with two attached hydrogens (primary N) is 1. The molecule has 0 aliphatic heterocycles. The van der Waals surface area contributed by atoms with Crippen molar-refractivity contribution in [2.75, 3.05) is 27.9 Å². The van der Waals surface area contributed by atoms with Crippen LogP contribution < -0.4 is 25.3 Å². The Bertz CT molecular complexity index is 548. The lowest BCUT2D eigenvalue weighted by Crippen LogP contribution is -2.35. The Morgan fingerprint density at radius 2 is 1.78 bits per heavy atom. The summed E-state index contributed by atoms with van der Waals surface area (Å²) in [5.74, 6) is 1.74. The zero-order chi connectivity index (χ0) is 16.8. The second-order valence-electron chi connectivity index (χ2n) is 5.91. The monoisotopic (exact) mass is 322 g/mol. The molecule has 1 aromatic rings. The first-order chi connectivity index (χ1) is 11.1. The van der Waals surface area contributed by atoms with Gasteiger partial charge >= 0.3 is 0 Å². The Hall–Kier alpha value is -1.95. The predicted octanol–water partition coefficient (Wildman–Crippen LogP) is 1.96. The van der Waals surface area contributed by atoms with Crippen molar-refractivity contribution in [2.45, 2.75) is 31.7 Å². The van der Waals surface area contributed by atoms with Crippen LogP contribution in [0.15, 0.2) is 12.1 Å². The van der Waals surface area contributed by atoms with Crippen molar-refractivity contribution in [2.24, 2.45) is 11.7 Å². The van der Waals surface area contributed by atoms with Crippen molar-refractivity contribution >= 4 is 5.91 Å². The highest BCUT2D eigenvalue weighted by molar-refractivity contribution is 5.97. The van der Waals surface area contributed by atoms with Gasteiger partial charge in [0, 0.05) is 24.7 Å². The maximum atomic E-state index is 12.5. The molecule has 6 heteroatoms. The molecule has 1 aliphatic rings. The Kier molecular flexibility index (Phi) is 6.10. The average Bonchev–Trinajstić information content (AvgIpc) is 2.58. The number of rotatable bonds is 6. The van der Waals surface area contributed by atoms with Crippen LogP contribution in [0.2, 0.25) is 0 Å². The highest BCUT2D eigenvalue weighted by Gasteiger charge is 2.22. The first-order valence-electron chi connectivity index (χ1n) is 7.92. The van der Waals surface area contributed by atoms with E-state index in [0.29, 0.717) is 35.3 Å². The molecule has 0 spiro atoms. The van der Waals surface area contributed by atoms with Gasteiger partial charge in [0.15, 0.2) is 11.5 Å². The normalized spacial score (nSPS) is 20.7. The van der Waals surface area contributed by atoms with E-state index in [9.17, 15) is 4.79 Å². The van der Waals surface area contributed by atoms with Gasteiger partial charge in [-0.2, -0.15) is 0 Å². The smallest absolute Gasteiger partial charge is 0.255 e. The van der Waals surface area contributed by atoms with E-state index in [2.05, 4.69) is 5.32 Å². The van der Waals surface area contributed by atoms with Crippen molar-refractivity contribution in [1.29, 1.82) is 0 Å². The molecule has 23 heavy (non-hydrogen) atoms. The molecule has 0 aromatic heterocycles. The van der Waals surface area contributed by atoms with E-state index in [1.165, 1.54) is 14.2 Å². The summed E-state index contributed by atoms with van der Waals surface area (Å²) in [5.41, 5.74) is 6.43. The molecular weight excluding hydrogens is 296 g/mol. The maximum Gasteiger partial charge on any atom is 0.255 e. The fourth-order valence-corrected chi connectivity index (χ4v) is 3.06. The molecule has 6 nitrogen and oxygen atoms in total. The summed E-state index contributed by atoms with van der Waals surface area (Å²) in [6.07, 6.45) is 4.27. The van der Waals surface area contributed by atoms with Gasteiger partial charge in [-0.1, -0.05) is 6.42 Å². The second-order valence-corrected chi connectivity index (χ2v) is 5.91. The summed E-state index contributed by atoms with van der Waals surface area (Å²) in [4.78, 5) is 12.5. The molecular formula is C17H26N2O4. The number of nitrogens with one attached hydrogen (secondary N) is 1. The van der Waals surface area contributed by atoms with Gasteiger partial charge < -0.3 is 25.3 Å². The fraction of sp³-hybridized carbons (Fsp3) is 0.588. The minimum Gasteiger partial charge on any atom is -0.496 e. The number of hydrogen-bond acceptors (Lipinski definition) is 5. The van der Waals surface area contributed by atoms with Crippen LogP contribution in [0.25, 0.3) is 0 Å². The maximum absolute atomic E-state index is 12.5. The van der Waals surface area contributed by atoms with E-state index >= 15 is 0 Å². The lowest BCUT2D eigenvalue weighted by Gasteiger charge is -2.26. The summed E-state index contributed by atoms with van der Waals surface area (Å²) >= 11 is 0. The minimum atomic E-state index is -0.179. The third-order valence-electron chi connectivity index (χ3n) is 4.32. The Morgan fingerprint density at radius 1 is 1.13 bits per heavy atom. The van der Waals surface area contributed by atoms with E-state index in [-0.39, 0.29) is 11.9 Å². The van der Waals surface area contributed by atoms with Crippen molar-refractivity contribution in [3.05, 3.63) is 17.7 Å². The standard InChI is InChI=1S/C17H26N2O4/c1-21-14-9-16(23-3)15(22-2)8-13(14)17(20)19-10-11-5-4-6-12(18)7-11/h8-9,11-12H,4-7,10,18H2,1-3H3,(H,19,20). The van der Waals surface area contributed by atoms with Gasteiger partial charge in [-0.05, 0) is 25.2 Å². The Morgan fingerprint density at radius 3 is 2.39 bits per heavy atom. The molecule has 0 saturated heterocycles. The summed E-state index contributed by atoms with van der Waals surface area (Å²) in [6.45, 7) is 0.629. The zero-order valence-corrected chi connectivity index (χ0v) is 14.1. The molecule has 1 amide bonds. The molecule has 1 aliphatic carbocycles. The van der Waals surface area contributed by atoms with Gasteiger partial charge in [0.2, 0.25) is 0 Å². The van der Waals surface area contributed by atoms with E-state index in [1.54, 1.807) is 19.2 Å². The number of carbonyl (C=O) groups is 1. The number of carbonyl (C=O) groups excluding carboxylic acids is 1. The van der Waals surface area contributed by atoms with Crippen LogP contribution >= 0.6 is 0 Å². The molecule has 2 atom stereocenters.